The molecule has 4 aromatic rings. The fourth-order valence-electron chi connectivity index (χ4n) is 3.21. The third kappa shape index (κ3) is 4.58. The number of carbonyl (C=O) groups is 1. The quantitative estimate of drug-likeness (QED) is 0.458. The highest BCUT2D eigenvalue weighted by molar-refractivity contribution is 5.93. The van der Waals surface area contributed by atoms with Crippen molar-refractivity contribution in [3.8, 4) is 28.7 Å². The molecule has 0 saturated heterocycles. The molecule has 2 N–H and O–H groups in total. The van der Waals surface area contributed by atoms with Crippen molar-refractivity contribution in [2.45, 2.75) is 0 Å². The van der Waals surface area contributed by atoms with Crippen LogP contribution in [0.1, 0.15) is 16.1 Å². The van der Waals surface area contributed by atoms with E-state index in [9.17, 15) is 4.79 Å². The highest BCUT2D eigenvalue weighted by atomic mass is 16.5. The average molecular weight is 420 g/mol. The molecule has 1 aromatic heterocycles. The van der Waals surface area contributed by atoms with E-state index in [0.29, 0.717) is 22.9 Å². The van der Waals surface area contributed by atoms with E-state index in [1.165, 1.54) is 0 Å². The Labute approximate surface area is 186 Å². The number of pyridine rings is 1. The lowest BCUT2D eigenvalue weighted by molar-refractivity contribution is 0.0995. The summed E-state index contributed by atoms with van der Waals surface area (Å²) in [6.07, 6.45) is 0. The van der Waals surface area contributed by atoms with Crippen LogP contribution in [0.3, 0.4) is 0 Å². The van der Waals surface area contributed by atoms with Crippen molar-refractivity contribution in [2.75, 3.05) is 11.9 Å². The summed E-state index contributed by atoms with van der Waals surface area (Å²) in [5.41, 5.74) is 8.96. The van der Waals surface area contributed by atoms with Crippen molar-refractivity contribution in [1.82, 2.24) is 4.98 Å². The molecule has 1 amide bonds. The Morgan fingerprint density at radius 3 is 2.12 bits per heavy atom. The van der Waals surface area contributed by atoms with Crippen LogP contribution in [0.15, 0.2) is 91.0 Å². The standard InChI is InChI=1S/C26H20N4O2/c1-30(21-5-3-2-4-6-21)25-16-20(15-24(29-25)26(28)31)19-9-13-23(14-10-19)32-22-11-7-18(17-27)8-12-22/h2-16H,1H3,(H2,28,31). The molecule has 0 bridgehead atoms. The maximum Gasteiger partial charge on any atom is 0.267 e. The van der Waals surface area contributed by atoms with Crippen LogP contribution >= 0.6 is 0 Å². The number of benzene rings is 3. The number of rotatable bonds is 6. The summed E-state index contributed by atoms with van der Waals surface area (Å²) in [6.45, 7) is 0. The molecule has 0 aliphatic heterocycles. The van der Waals surface area contributed by atoms with E-state index >= 15 is 0 Å². The maximum absolute atomic E-state index is 11.9. The lowest BCUT2D eigenvalue weighted by Crippen LogP contribution is -2.17. The predicted molar refractivity (Wildman–Crippen MR) is 124 cm³/mol. The Bertz CT molecular complexity index is 1280. The van der Waals surface area contributed by atoms with Crippen molar-refractivity contribution in [3.05, 3.63) is 102 Å². The predicted octanol–water partition coefficient (Wildman–Crippen LogP) is 5.28. The molecule has 6 nitrogen and oxygen atoms in total. The van der Waals surface area contributed by atoms with E-state index in [0.717, 1.165) is 16.8 Å². The van der Waals surface area contributed by atoms with Crippen LogP contribution < -0.4 is 15.4 Å². The molecule has 0 radical (unpaired) electrons. The van der Waals surface area contributed by atoms with Gasteiger partial charge in [-0.15, -0.1) is 0 Å². The van der Waals surface area contributed by atoms with Gasteiger partial charge in [-0.2, -0.15) is 5.26 Å². The number of primary amides is 1. The molecule has 32 heavy (non-hydrogen) atoms. The van der Waals surface area contributed by atoms with E-state index in [4.69, 9.17) is 15.7 Å². The molecular weight excluding hydrogens is 400 g/mol. The smallest absolute Gasteiger partial charge is 0.267 e. The minimum atomic E-state index is -0.588. The van der Waals surface area contributed by atoms with Crippen molar-refractivity contribution in [1.29, 1.82) is 5.26 Å². The van der Waals surface area contributed by atoms with Crippen LogP contribution in [0.25, 0.3) is 11.1 Å². The highest BCUT2D eigenvalue weighted by Gasteiger charge is 2.13. The summed E-state index contributed by atoms with van der Waals surface area (Å²) in [7, 11) is 1.89. The summed E-state index contributed by atoms with van der Waals surface area (Å²) in [5.74, 6) is 1.32. The van der Waals surface area contributed by atoms with Crippen molar-refractivity contribution >= 4 is 17.4 Å². The second-order valence-corrected chi connectivity index (χ2v) is 7.12. The van der Waals surface area contributed by atoms with Crippen molar-refractivity contribution in [3.63, 3.8) is 0 Å². The fraction of sp³-hybridized carbons (Fsp3) is 0.0385. The lowest BCUT2D eigenvalue weighted by atomic mass is 10.0. The van der Waals surface area contributed by atoms with E-state index in [2.05, 4.69) is 11.1 Å². The Balaban J connectivity index is 1.62. The zero-order valence-corrected chi connectivity index (χ0v) is 17.4. The molecule has 6 heteroatoms. The number of carbonyl (C=O) groups excluding carboxylic acids is 1. The van der Waals surface area contributed by atoms with Gasteiger partial charge in [0.1, 0.15) is 23.0 Å². The van der Waals surface area contributed by atoms with Gasteiger partial charge in [-0.25, -0.2) is 4.98 Å². The van der Waals surface area contributed by atoms with Crippen LogP contribution in [0.2, 0.25) is 0 Å². The first kappa shape index (κ1) is 20.6. The Kier molecular flexibility index (Phi) is 5.82. The second kappa shape index (κ2) is 9.02. The molecule has 1 heterocycles. The Morgan fingerprint density at radius 2 is 1.53 bits per heavy atom. The van der Waals surface area contributed by atoms with Crippen LogP contribution in [-0.2, 0) is 0 Å². The van der Waals surface area contributed by atoms with Gasteiger partial charge in [-0.05, 0) is 71.8 Å². The number of hydrogen-bond acceptors (Lipinski definition) is 5. The van der Waals surface area contributed by atoms with Crippen molar-refractivity contribution < 1.29 is 9.53 Å². The normalized spacial score (nSPS) is 10.2. The minimum Gasteiger partial charge on any atom is -0.457 e. The number of hydrogen-bond donors (Lipinski definition) is 1. The van der Waals surface area contributed by atoms with Gasteiger partial charge in [0, 0.05) is 12.7 Å². The molecular formula is C26H20N4O2. The molecule has 3 aromatic carbocycles. The van der Waals surface area contributed by atoms with Crippen LogP contribution in [0.5, 0.6) is 11.5 Å². The fourth-order valence-corrected chi connectivity index (χ4v) is 3.21. The van der Waals surface area contributed by atoms with Gasteiger partial charge < -0.3 is 15.4 Å². The Hall–Kier alpha value is -4.63. The summed E-state index contributed by atoms with van der Waals surface area (Å²) >= 11 is 0. The molecule has 0 atom stereocenters. The second-order valence-electron chi connectivity index (χ2n) is 7.12. The third-order valence-corrected chi connectivity index (χ3v) is 4.96. The number of nitrogens with zero attached hydrogens (tertiary/aromatic N) is 3. The topological polar surface area (TPSA) is 92.2 Å². The van der Waals surface area contributed by atoms with Gasteiger partial charge in [-0.1, -0.05) is 30.3 Å². The monoisotopic (exact) mass is 420 g/mol. The van der Waals surface area contributed by atoms with Gasteiger partial charge in [0.2, 0.25) is 0 Å². The SMILES string of the molecule is CN(c1ccccc1)c1cc(-c2ccc(Oc3ccc(C#N)cc3)cc2)cc(C(N)=O)n1. The molecule has 0 unspecified atom stereocenters. The van der Waals surface area contributed by atoms with Gasteiger partial charge in [0.25, 0.3) is 5.91 Å². The summed E-state index contributed by atoms with van der Waals surface area (Å²) in [5, 5.41) is 8.90. The van der Waals surface area contributed by atoms with E-state index in [1.54, 1.807) is 30.3 Å². The molecule has 0 fully saturated rings. The van der Waals surface area contributed by atoms with Crippen molar-refractivity contribution in [2.24, 2.45) is 5.73 Å². The molecule has 156 valence electrons. The van der Waals surface area contributed by atoms with Gasteiger partial charge in [0.05, 0.1) is 11.6 Å². The first-order chi connectivity index (χ1) is 15.5. The Morgan fingerprint density at radius 1 is 0.906 bits per heavy atom. The number of anilines is 2. The van der Waals surface area contributed by atoms with Crippen LogP contribution in [-0.4, -0.2) is 17.9 Å². The first-order valence-electron chi connectivity index (χ1n) is 9.92. The average Bonchev–Trinajstić information content (AvgIpc) is 2.84. The number of aromatic nitrogens is 1. The number of nitrogens with two attached hydrogens (primary N) is 1. The number of ether oxygens (including phenoxy) is 1. The molecule has 0 spiro atoms. The largest absolute Gasteiger partial charge is 0.457 e. The summed E-state index contributed by atoms with van der Waals surface area (Å²) in [6, 6.07) is 29.9. The summed E-state index contributed by atoms with van der Waals surface area (Å²) < 4.78 is 5.85. The van der Waals surface area contributed by atoms with Gasteiger partial charge in [0.15, 0.2) is 0 Å². The van der Waals surface area contributed by atoms with E-state index in [-0.39, 0.29) is 5.69 Å². The third-order valence-electron chi connectivity index (χ3n) is 4.96. The number of amides is 1. The van der Waals surface area contributed by atoms with Crippen LogP contribution in [0, 0.1) is 11.3 Å². The highest BCUT2D eigenvalue weighted by Crippen LogP contribution is 2.30. The van der Waals surface area contributed by atoms with E-state index in [1.807, 2.05) is 72.6 Å². The number of para-hydroxylation sites is 1. The molecule has 4 rings (SSSR count). The lowest BCUT2D eigenvalue weighted by Gasteiger charge is -2.20. The molecule has 0 aliphatic rings. The molecule has 0 aliphatic carbocycles. The summed E-state index contributed by atoms with van der Waals surface area (Å²) in [4.78, 5) is 18.2. The van der Waals surface area contributed by atoms with Crippen LogP contribution in [0.4, 0.5) is 11.5 Å². The minimum absolute atomic E-state index is 0.193. The first-order valence-corrected chi connectivity index (χ1v) is 9.92. The zero-order valence-electron chi connectivity index (χ0n) is 17.4. The zero-order chi connectivity index (χ0) is 22.5. The van der Waals surface area contributed by atoms with Gasteiger partial charge in [-0.3, -0.25) is 4.79 Å². The molecule has 0 saturated carbocycles. The number of nitriles is 1. The van der Waals surface area contributed by atoms with Gasteiger partial charge >= 0.3 is 0 Å². The van der Waals surface area contributed by atoms with E-state index < -0.39 is 5.91 Å². The maximum atomic E-state index is 11.9.